The molecule has 0 bridgehead atoms. The van der Waals surface area contributed by atoms with E-state index in [0.717, 1.165) is 8.95 Å². The van der Waals surface area contributed by atoms with E-state index >= 15 is 0 Å². The van der Waals surface area contributed by atoms with Gasteiger partial charge in [-0.05, 0) is 44.0 Å². The zero-order valence-electron chi connectivity index (χ0n) is 10.5. The molecule has 7 nitrogen and oxygen atoms in total. The van der Waals surface area contributed by atoms with Gasteiger partial charge in [-0.3, -0.25) is 4.79 Å². The van der Waals surface area contributed by atoms with Gasteiger partial charge in [0.2, 0.25) is 0 Å². The Morgan fingerprint density at radius 2 is 1.57 bits per heavy atom. The Hall–Kier alpha value is -2.00. The molecule has 9 heteroatoms. The van der Waals surface area contributed by atoms with E-state index in [1.807, 2.05) is 0 Å². The first-order valence-corrected chi connectivity index (χ1v) is 7.21. The van der Waals surface area contributed by atoms with Crippen LogP contribution in [-0.4, -0.2) is 19.9 Å². The van der Waals surface area contributed by atoms with E-state index in [9.17, 15) is 4.79 Å². The van der Waals surface area contributed by atoms with Gasteiger partial charge in [0.1, 0.15) is 5.82 Å². The highest BCUT2D eigenvalue weighted by Crippen LogP contribution is 2.16. The second-order valence-electron chi connectivity index (χ2n) is 3.90. The molecule has 0 saturated carbocycles. The molecule has 0 radical (unpaired) electrons. The van der Waals surface area contributed by atoms with Crippen molar-refractivity contribution in [3.05, 3.63) is 50.0 Å². The van der Waals surface area contributed by atoms with Gasteiger partial charge < -0.3 is 16.5 Å². The number of nitrogens with two attached hydrogens (primary N) is 2. The number of aromatic amines is 1. The molecule has 0 aliphatic heterocycles. The molecule has 108 valence electrons. The average Bonchev–Trinajstić information content (AvgIpc) is 2.43. The number of aromatic nitrogens is 4. The number of fused-ring (bicyclic) bond motifs is 1. The minimum atomic E-state index is -0.220. The molecule has 0 unspecified atom stereocenters. The summed E-state index contributed by atoms with van der Waals surface area (Å²) in [5.41, 5.74) is 12.2. The first-order valence-electron chi connectivity index (χ1n) is 5.63. The Labute approximate surface area is 136 Å². The van der Waals surface area contributed by atoms with Gasteiger partial charge in [0, 0.05) is 21.3 Å². The monoisotopic (exact) mass is 412 g/mol. The fourth-order valence-electron chi connectivity index (χ4n) is 1.38. The van der Waals surface area contributed by atoms with E-state index in [1.165, 1.54) is 6.20 Å². The molecule has 0 aromatic carbocycles. The first-order chi connectivity index (χ1) is 9.95. The summed E-state index contributed by atoms with van der Waals surface area (Å²) >= 11 is 6.44. The molecule has 0 fully saturated rings. The number of hydrogen-bond donors (Lipinski definition) is 3. The predicted molar refractivity (Wildman–Crippen MR) is 88.6 cm³/mol. The number of nitrogens with one attached hydrogen (secondary N) is 1. The van der Waals surface area contributed by atoms with Gasteiger partial charge in [-0.2, -0.15) is 0 Å². The summed E-state index contributed by atoms with van der Waals surface area (Å²) in [7, 11) is 0. The molecule has 3 rings (SSSR count). The lowest BCUT2D eigenvalue weighted by Gasteiger charge is -1.96. The van der Waals surface area contributed by atoms with E-state index in [4.69, 9.17) is 11.5 Å². The number of halogens is 2. The highest BCUT2D eigenvalue weighted by atomic mass is 79.9. The molecular weight excluding hydrogens is 404 g/mol. The number of hydrogen-bond acceptors (Lipinski definition) is 6. The third-order valence-corrected chi connectivity index (χ3v) is 3.18. The number of H-pyrrole nitrogens is 1. The van der Waals surface area contributed by atoms with Crippen LogP contribution < -0.4 is 17.0 Å². The maximum absolute atomic E-state index is 10.8. The topological polar surface area (TPSA) is 124 Å². The molecule has 5 N–H and O–H groups in total. The third kappa shape index (κ3) is 4.23. The molecule has 3 aromatic rings. The van der Waals surface area contributed by atoms with E-state index in [1.54, 1.807) is 24.5 Å². The van der Waals surface area contributed by atoms with Crippen LogP contribution in [-0.2, 0) is 0 Å². The van der Waals surface area contributed by atoms with Crippen molar-refractivity contribution < 1.29 is 0 Å². The Morgan fingerprint density at radius 3 is 2.24 bits per heavy atom. The summed E-state index contributed by atoms with van der Waals surface area (Å²) in [5.74, 6) is 0.373. The number of rotatable bonds is 0. The van der Waals surface area contributed by atoms with Crippen molar-refractivity contribution in [2.24, 2.45) is 0 Å². The average molecular weight is 414 g/mol. The number of anilines is 2. The van der Waals surface area contributed by atoms with Gasteiger partial charge >= 0.3 is 0 Å². The lowest BCUT2D eigenvalue weighted by Crippen LogP contribution is -2.05. The van der Waals surface area contributed by atoms with Crippen LogP contribution in [0.4, 0.5) is 11.5 Å². The van der Waals surface area contributed by atoms with Crippen molar-refractivity contribution in [2.75, 3.05) is 11.5 Å². The Morgan fingerprint density at radius 1 is 0.952 bits per heavy atom. The zero-order chi connectivity index (χ0) is 15.4. The van der Waals surface area contributed by atoms with Crippen LogP contribution in [0.2, 0.25) is 0 Å². The highest BCUT2D eigenvalue weighted by Gasteiger charge is 1.96. The smallest absolute Gasteiger partial charge is 0.266 e. The number of nitrogen functional groups attached to an aromatic ring is 2. The molecule has 0 aliphatic rings. The van der Waals surface area contributed by atoms with Crippen LogP contribution in [0.1, 0.15) is 0 Å². The molecule has 0 saturated heterocycles. The third-order valence-electron chi connectivity index (χ3n) is 2.31. The largest absolute Gasteiger partial charge is 0.396 e. The second kappa shape index (κ2) is 6.64. The maximum Gasteiger partial charge on any atom is 0.266 e. The Kier molecular flexibility index (Phi) is 4.86. The van der Waals surface area contributed by atoms with Crippen molar-refractivity contribution in [1.82, 2.24) is 19.9 Å². The van der Waals surface area contributed by atoms with Crippen molar-refractivity contribution in [3.63, 3.8) is 0 Å². The quantitative estimate of drug-likeness (QED) is 0.518. The fraction of sp³-hybridized carbons (Fsp3) is 0. The Bertz CT molecular complexity index is 835. The van der Waals surface area contributed by atoms with Crippen LogP contribution in [0.25, 0.3) is 11.2 Å². The minimum Gasteiger partial charge on any atom is -0.396 e. The number of nitrogens with zero attached hydrogens (tertiary/aromatic N) is 3. The summed E-state index contributed by atoms with van der Waals surface area (Å²) in [4.78, 5) is 25.1. The van der Waals surface area contributed by atoms with Crippen LogP contribution in [0, 0.1) is 0 Å². The van der Waals surface area contributed by atoms with Crippen LogP contribution in [0.15, 0.2) is 44.5 Å². The first kappa shape index (κ1) is 15.4. The minimum absolute atomic E-state index is 0.220. The highest BCUT2D eigenvalue weighted by molar-refractivity contribution is 9.10. The lowest BCUT2D eigenvalue weighted by atomic mass is 10.4. The summed E-state index contributed by atoms with van der Waals surface area (Å²) < 4.78 is 1.66. The van der Waals surface area contributed by atoms with E-state index in [2.05, 4.69) is 51.8 Å². The van der Waals surface area contributed by atoms with Gasteiger partial charge in [0.05, 0.1) is 17.4 Å². The summed E-state index contributed by atoms with van der Waals surface area (Å²) in [6.45, 7) is 0. The van der Waals surface area contributed by atoms with E-state index in [-0.39, 0.29) is 5.56 Å². The Balaban J connectivity index is 0.000000161. The summed E-state index contributed by atoms with van der Waals surface area (Å²) in [5, 5.41) is 0. The molecule has 3 heterocycles. The molecule has 0 spiro atoms. The maximum atomic E-state index is 10.8. The summed E-state index contributed by atoms with van der Waals surface area (Å²) in [6.07, 6.45) is 4.45. The van der Waals surface area contributed by atoms with Gasteiger partial charge in [-0.25, -0.2) is 15.0 Å². The van der Waals surface area contributed by atoms with Gasteiger partial charge in [-0.1, -0.05) is 0 Å². The molecule has 3 aromatic heterocycles. The molecule has 0 amide bonds. The van der Waals surface area contributed by atoms with Crippen molar-refractivity contribution >= 4 is 54.5 Å². The molecule has 0 atom stereocenters. The molecular formula is C12H10Br2N6O. The van der Waals surface area contributed by atoms with E-state index in [0.29, 0.717) is 22.7 Å². The second-order valence-corrected chi connectivity index (χ2v) is 5.73. The zero-order valence-corrected chi connectivity index (χ0v) is 13.7. The summed E-state index contributed by atoms with van der Waals surface area (Å²) in [6, 6.07) is 3.47. The molecule has 21 heavy (non-hydrogen) atoms. The normalized spacial score (nSPS) is 10.0. The number of pyridine rings is 2. The van der Waals surface area contributed by atoms with Gasteiger partial charge in [0.25, 0.3) is 5.56 Å². The predicted octanol–water partition coefficient (Wildman–Crippen LogP) is 2.09. The lowest BCUT2D eigenvalue weighted by molar-refractivity contribution is 1.17. The van der Waals surface area contributed by atoms with Crippen LogP contribution >= 0.6 is 31.9 Å². The van der Waals surface area contributed by atoms with Crippen molar-refractivity contribution in [2.45, 2.75) is 0 Å². The SMILES string of the molecule is Nc1cc(Br)cnc1N.O=c1cnc2ncc(Br)cc2[nH]1. The standard InChI is InChI=1S/C7H4BrN3O.C5H6BrN3/c8-4-1-5-7(9-2-4)10-3-6(12)11-5;6-3-1-4(7)5(8)9-2-3/h1-3H,(H,11,12);1-2H,7H2,(H2,8,9). The molecule has 0 aliphatic carbocycles. The van der Waals surface area contributed by atoms with Crippen LogP contribution in [0.5, 0.6) is 0 Å². The fourth-order valence-corrected chi connectivity index (χ4v) is 2.06. The van der Waals surface area contributed by atoms with Gasteiger partial charge in [0.15, 0.2) is 5.65 Å². The van der Waals surface area contributed by atoms with Crippen molar-refractivity contribution in [1.29, 1.82) is 0 Å². The van der Waals surface area contributed by atoms with Crippen molar-refractivity contribution in [3.8, 4) is 0 Å². The van der Waals surface area contributed by atoms with Gasteiger partial charge in [-0.15, -0.1) is 0 Å². The van der Waals surface area contributed by atoms with Crippen LogP contribution in [0.3, 0.4) is 0 Å². The van der Waals surface area contributed by atoms with E-state index < -0.39 is 0 Å².